The first-order valence-corrected chi connectivity index (χ1v) is 0. The van der Waals surface area contributed by atoms with Gasteiger partial charge in [0.25, 0.3) is 0 Å². The van der Waals surface area contributed by atoms with E-state index in [1.807, 2.05) is 0 Å². The molecule has 3 radical (unpaired) electrons. The third-order valence-corrected chi connectivity index (χ3v) is 0. The summed E-state index contributed by atoms with van der Waals surface area (Å²) >= 11 is 0. The monoisotopic (exact) mass is 317 g/mol. The Morgan fingerprint density at radius 2 is 0.500 bits per heavy atom. The van der Waals surface area contributed by atoms with Gasteiger partial charge in [-0.25, -0.2) is 0 Å². The van der Waals surface area contributed by atoms with E-state index in [0.717, 1.165) is 0 Å². The fourth-order valence-corrected chi connectivity index (χ4v) is 0. The molecule has 0 unspecified atom stereocenters. The molecular weight excluding hydrogens is 317 g/mol. The molecule has 0 amide bonds. The molecule has 0 aromatic rings. The van der Waals surface area contributed by atoms with Crippen LogP contribution in [-0.4, -0.2) is 0 Å². The maximum absolute atomic E-state index is 0. The van der Waals surface area contributed by atoms with E-state index in [1.165, 1.54) is 0 Å². The fourth-order valence-electron chi connectivity index (χ4n) is 0. The van der Waals surface area contributed by atoms with Gasteiger partial charge in [0.15, 0.2) is 0 Å². The topological polar surface area (TPSA) is 0 Å². The van der Waals surface area contributed by atoms with E-state index >= 15 is 0 Å². The van der Waals surface area contributed by atoms with E-state index in [-0.39, 0.29) is 92.1 Å². The van der Waals surface area contributed by atoms with Gasteiger partial charge in [-0.3, -0.25) is 0 Å². The van der Waals surface area contributed by atoms with Crippen LogP contribution in [0.3, 0.4) is 0 Å². The predicted octanol–water partition coefficient (Wildman–Crippen LogP) is -0.00750. The zero-order valence-corrected chi connectivity index (χ0v) is 7.76. The summed E-state index contributed by atoms with van der Waals surface area (Å²) < 4.78 is 0. The molecule has 0 aromatic carbocycles. The van der Waals surface area contributed by atoms with Crippen LogP contribution >= 0.6 is 0 Å². The molecule has 4 heavy (non-hydrogen) atoms. The summed E-state index contributed by atoms with van der Waals surface area (Å²) in [4.78, 5) is 0. The molecule has 0 aliphatic rings. The zero-order valence-electron chi connectivity index (χ0n) is 1.50. The third kappa shape index (κ3) is 8.86. The Labute approximate surface area is 90.2 Å². The van der Waals surface area contributed by atoms with Crippen LogP contribution in [0.2, 0.25) is 0 Å². The SMILES string of the molecule is [Ce].[Co].[Co].[Co]. The van der Waals surface area contributed by atoms with Gasteiger partial charge in [0.2, 0.25) is 0 Å². The number of hydrogen-bond donors (Lipinski definition) is 0. The van der Waals surface area contributed by atoms with Crippen molar-refractivity contribution in [3.8, 4) is 0 Å². The Hall–Kier alpha value is 2.90. The van der Waals surface area contributed by atoms with E-state index < -0.39 is 0 Å². The molecule has 31 valence electrons. The van der Waals surface area contributed by atoms with Crippen LogP contribution in [0, 0.1) is 41.7 Å². The molecule has 0 aromatic heterocycles. The van der Waals surface area contributed by atoms with Gasteiger partial charge in [-0.05, 0) is 0 Å². The first-order chi connectivity index (χ1) is 0. The summed E-state index contributed by atoms with van der Waals surface area (Å²) in [5, 5.41) is 0. The normalized spacial score (nSPS) is 0. The molecule has 0 bridgehead atoms. The van der Waals surface area contributed by atoms with Gasteiger partial charge < -0.3 is 0 Å². The average Bonchev–Trinajstić information content (AvgIpc) is 0. The average molecular weight is 317 g/mol. The van der Waals surface area contributed by atoms with Crippen molar-refractivity contribution in [3.63, 3.8) is 0 Å². The number of rotatable bonds is 0. The Balaban J connectivity index is 0. The van der Waals surface area contributed by atoms with Crippen LogP contribution < -0.4 is 0 Å². The zero-order chi connectivity index (χ0) is 0. The smallest absolute Gasteiger partial charge is 0 e. The Morgan fingerprint density at radius 3 is 0.500 bits per heavy atom. The second-order valence-corrected chi connectivity index (χ2v) is 0. The van der Waals surface area contributed by atoms with Crippen LogP contribution in [0.4, 0.5) is 0 Å². The molecule has 0 saturated carbocycles. The minimum absolute atomic E-state index is 0. The minimum Gasteiger partial charge on any atom is 0 e. The maximum Gasteiger partial charge on any atom is 0 e. The van der Waals surface area contributed by atoms with Gasteiger partial charge in [-0.1, -0.05) is 0 Å². The summed E-state index contributed by atoms with van der Waals surface area (Å²) in [6, 6.07) is 0. The van der Waals surface area contributed by atoms with Crippen LogP contribution in [0.25, 0.3) is 0 Å². The summed E-state index contributed by atoms with van der Waals surface area (Å²) in [6.07, 6.45) is 0. The van der Waals surface area contributed by atoms with Crippen LogP contribution in [0.15, 0.2) is 0 Å². The van der Waals surface area contributed by atoms with Crippen LogP contribution in [0.1, 0.15) is 0 Å². The van der Waals surface area contributed by atoms with Crippen LogP contribution in [-0.2, 0) is 50.3 Å². The van der Waals surface area contributed by atoms with E-state index in [4.69, 9.17) is 0 Å². The van der Waals surface area contributed by atoms with Crippen molar-refractivity contribution >= 4 is 0 Å². The van der Waals surface area contributed by atoms with E-state index in [2.05, 4.69) is 0 Å². The van der Waals surface area contributed by atoms with Crippen molar-refractivity contribution in [2.45, 2.75) is 0 Å². The number of hydrogen-bond acceptors (Lipinski definition) is 0. The van der Waals surface area contributed by atoms with Gasteiger partial charge in [-0.15, -0.1) is 0 Å². The second kappa shape index (κ2) is 16.9. The molecule has 0 heterocycles. The molecule has 0 atom stereocenters. The van der Waals surface area contributed by atoms with Gasteiger partial charge in [0.1, 0.15) is 0 Å². The van der Waals surface area contributed by atoms with Crippen molar-refractivity contribution in [2.75, 3.05) is 0 Å². The molecule has 0 aliphatic heterocycles. The van der Waals surface area contributed by atoms with E-state index in [0.29, 0.717) is 0 Å². The Bertz CT molecular complexity index is 3.25. The van der Waals surface area contributed by atoms with E-state index in [1.54, 1.807) is 0 Å². The van der Waals surface area contributed by atoms with Gasteiger partial charge >= 0.3 is 0 Å². The molecule has 4 heteroatoms. The van der Waals surface area contributed by atoms with Crippen molar-refractivity contribution in [1.82, 2.24) is 0 Å². The quantitative estimate of drug-likeness (QED) is 0.590. The maximum atomic E-state index is 0. The summed E-state index contributed by atoms with van der Waals surface area (Å²) in [7, 11) is 0. The molecule has 0 fully saturated rings. The first-order valence-electron chi connectivity index (χ1n) is 0. The first kappa shape index (κ1) is 28.6. The van der Waals surface area contributed by atoms with Crippen molar-refractivity contribution in [1.29, 1.82) is 0 Å². The molecule has 0 rings (SSSR count). The molecule has 0 nitrogen and oxygen atoms in total. The molecule has 0 N–H and O–H groups in total. The minimum atomic E-state index is 0. The Kier molecular flexibility index (Phi) is 120. The summed E-state index contributed by atoms with van der Waals surface area (Å²) in [6.45, 7) is 0. The van der Waals surface area contributed by atoms with E-state index in [9.17, 15) is 0 Å². The van der Waals surface area contributed by atoms with Crippen LogP contribution in [0.5, 0.6) is 0 Å². The largest absolute Gasteiger partial charge is 0 e. The van der Waals surface area contributed by atoms with Gasteiger partial charge in [0, 0.05) is 92.1 Å². The summed E-state index contributed by atoms with van der Waals surface area (Å²) in [5.74, 6) is 0. The summed E-state index contributed by atoms with van der Waals surface area (Å²) in [5.41, 5.74) is 0. The van der Waals surface area contributed by atoms with Crippen molar-refractivity contribution < 1.29 is 92.1 Å². The van der Waals surface area contributed by atoms with Gasteiger partial charge in [-0.2, -0.15) is 0 Å². The second-order valence-electron chi connectivity index (χ2n) is 0. The Morgan fingerprint density at radius 1 is 0.500 bits per heavy atom. The molecular formula is CeCo3. The standard InChI is InChI=1S/Ce.3Co. The molecule has 0 saturated heterocycles. The third-order valence-electron chi connectivity index (χ3n) is 0. The van der Waals surface area contributed by atoms with Crippen molar-refractivity contribution in [3.05, 3.63) is 0 Å². The van der Waals surface area contributed by atoms with Gasteiger partial charge in [0.05, 0.1) is 0 Å². The molecule has 0 spiro atoms. The molecule has 0 aliphatic carbocycles. The van der Waals surface area contributed by atoms with Crippen molar-refractivity contribution in [2.24, 2.45) is 0 Å². The fraction of sp³-hybridized carbons (Fsp3) is 0. The predicted molar refractivity (Wildman–Crippen MR) is 0 cm³/mol.